The number of hydrogen-bond donors (Lipinski definition) is 1. The van der Waals surface area contributed by atoms with Crippen molar-refractivity contribution in [1.29, 1.82) is 0 Å². The summed E-state index contributed by atoms with van der Waals surface area (Å²) in [5.41, 5.74) is -0.754. The molecule has 2 spiro atoms. The number of ether oxygens (including phenoxy) is 5. The maximum Gasteiger partial charge on any atom is 0.302 e. The second kappa shape index (κ2) is 6.94. The fourth-order valence-electron chi connectivity index (χ4n) is 11.9. The van der Waals surface area contributed by atoms with Crippen molar-refractivity contribution in [2.24, 2.45) is 46.3 Å². The van der Waals surface area contributed by atoms with Gasteiger partial charge >= 0.3 is 5.97 Å². The highest BCUT2D eigenvalue weighted by molar-refractivity contribution is 5.66. The van der Waals surface area contributed by atoms with Crippen molar-refractivity contribution in [3.8, 4) is 0 Å². The maximum absolute atomic E-state index is 11.8. The highest BCUT2D eigenvalue weighted by atomic mass is 16.8. The average Bonchev–Trinajstić information content (AvgIpc) is 3.47. The predicted molar refractivity (Wildman–Crippen MR) is 132 cm³/mol. The SMILES string of the molecule is CC(=O)O[C@@H]1C[C@@]2(C)[C@@H](CC[C@@H]3[C@@H]2[C@@H]2C[C@]45[C@H](O2)O[C@]2(C)[C@H]4[C@H](C[C@@H]35)O[C@]23C[C@H](C)C(C)(C)O3)C[C@@H]1O. The molecule has 7 nitrogen and oxygen atoms in total. The minimum absolute atomic E-state index is 0.000738. The first kappa shape index (κ1) is 24.1. The van der Waals surface area contributed by atoms with Gasteiger partial charge in [0, 0.05) is 24.7 Å². The Morgan fingerprint density at radius 1 is 1.00 bits per heavy atom. The molecular weight excluding hydrogens is 472 g/mol. The smallest absolute Gasteiger partial charge is 0.302 e. The third kappa shape index (κ3) is 2.61. The molecule has 0 unspecified atom stereocenters. The molecule has 7 heteroatoms. The van der Waals surface area contributed by atoms with Crippen molar-refractivity contribution in [3.63, 3.8) is 0 Å². The number of carbonyl (C=O) groups is 1. The number of hydrogen-bond acceptors (Lipinski definition) is 7. The summed E-state index contributed by atoms with van der Waals surface area (Å²) in [7, 11) is 0. The van der Waals surface area contributed by atoms with Crippen LogP contribution in [0.2, 0.25) is 0 Å². The quantitative estimate of drug-likeness (QED) is 0.523. The Morgan fingerprint density at radius 3 is 2.49 bits per heavy atom. The van der Waals surface area contributed by atoms with Gasteiger partial charge in [0.25, 0.3) is 0 Å². The molecule has 4 heterocycles. The molecule has 0 aromatic rings. The van der Waals surface area contributed by atoms with Gasteiger partial charge in [-0.15, -0.1) is 0 Å². The number of esters is 1. The molecule has 1 N–H and O–H groups in total. The summed E-state index contributed by atoms with van der Waals surface area (Å²) >= 11 is 0. The first-order valence-electron chi connectivity index (χ1n) is 14.9. The highest BCUT2D eigenvalue weighted by Gasteiger charge is 2.87. The molecule has 4 saturated heterocycles. The van der Waals surface area contributed by atoms with Crippen LogP contribution in [0.3, 0.4) is 0 Å². The summed E-state index contributed by atoms with van der Waals surface area (Å²) in [5, 5.41) is 10.8. The summed E-state index contributed by atoms with van der Waals surface area (Å²) in [6.45, 7) is 12.7. The zero-order valence-corrected chi connectivity index (χ0v) is 23.2. The van der Waals surface area contributed by atoms with Crippen LogP contribution in [0.25, 0.3) is 0 Å². The van der Waals surface area contributed by atoms with Gasteiger partial charge in [0.05, 0.1) is 23.9 Å². The van der Waals surface area contributed by atoms with Crippen LogP contribution >= 0.6 is 0 Å². The molecule has 0 aromatic heterocycles. The van der Waals surface area contributed by atoms with E-state index in [9.17, 15) is 9.90 Å². The Morgan fingerprint density at radius 2 is 1.78 bits per heavy atom. The van der Waals surface area contributed by atoms with E-state index in [0.29, 0.717) is 41.9 Å². The first-order chi connectivity index (χ1) is 17.3. The number of fused-ring (bicyclic) bond motifs is 7. The van der Waals surface area contributed by atoms with Crippen LogP contribution in [0.5, 0.6) is 0 Å². The minimum atomic E-state index is -0.689. The van der Waals surface area contributed by atoms with E-state index >= 15 is 0 Å². The van der Waals surface area contributed by atoms with E-state index in [2.05, 4.69) is 34.6 Å². The number of rotatable bonds is 1. The fourth-order valence-corrected chi connectivity index (χ4v) is 11.9. The summed E-state index contributed by atoms with van der Waals surface area (Å²) in [6, 6.07) is 0. The average molecular weight is 517 g/mol. The summed E-state index contributed by atoms with van der Waals surface area (Å²) in [5.74, 6) is 1.58. The Labute approximate surface area is 220 Å². The largest absolute Gasteiger partial charge is 0.460 e. The molecular formula is C30H44O7. The van der Waals surface area contributed by atoms with E-state index in [1.807, 2.05) is 0 Å². The molecule has 4 aliphatic heterocycles. The van der Waals surface area contributed by atoms with Crippen LogP contribution in [0.4, 0.5) is 0 Å². The summed E-state index contributed by atoms with van der Waals surface area (Å²) < 4.78 is 33.5. The van der Waals surface area contributed by atoms with Crippen LogP contribution in [-0.4, -0.2) is 58.8 Å². The van der Waals surface area contributed by atoms with Gasteiger partial charge in [-0.25, -0.2) is 0 Å². The van der Waals surface area contributed by atoms with Gasteiger partial charge in [-0.05, 0) is 94.3 Å². The second-order valence-corrected chi connectivity index (χ2v) is 15.2. The zero-order valence-electron chi connectivity index (χ0n) is 23.2. The summed E-state index contributed by atoms with van der Waals surface area (Å²) in [4.78, 5) is 11.8. The molecule has 8 fully saturated rings. The van der Waals surface area contributed by atoms with E-state index in [-0.39, 0.29) is 40.9 Å². The van der Waals surface area contributed by atoms with Gasteiger partial charge < -0.3 is 28.8 Å². The lowest BCUT2D eigenvalue weighted by Gasteiger charge is -2.61. The molecule has 4 aliphatic carbocycles. The first-order valence-corrected chi connectivity index (χ1v) is 14.9. The van der Waals surface area contributed by atoms with Crippen LogP contribution in [0.1, 0.15) is 86.5 Å². The highest BCUT2D eigenvalue weighted by Crippen LogP contribution is 2.80. The Kier molecular flexibility index (Phi) is 4.52. The van der Waals surface area contributed by atoms with Gasteiger partial charge in [-0.1, -0.05) is 13.8 Å². The lowest BCUT2D eigenvalue weighted by molar-refractivity contribution is -0.319. The molecule has 206 valence electrons. The lowest BCUT2D eigenvalue weighted by Crippen LogP contribution is -2.60. The van der Waals surface area contributed by atoms with Crippen LogP contribution in [0.15, 0.2) is 0 Å². The zero-order chi connectivity index (χ0) is 25.9. The van der Waals surface area contributed by atoms with Gasteiger partial charge in [0.1, 0.15) is 11.7 Å². The van der Waals surface area contributed by atoms with E-state index in [4.69, 9.17) is 23.7 Å². The van der Waals surface area contributed by atoms with E-state index in [1.165, 1.54) is 13.3 Å². The third-order valence-corrected chi connectivity index (χ3v) is 13.5. The van der Waals surface area contributed by atoms with Crippen molar-refractivity contribution in [3.05, 3.63) is 0 Å². The van der Waals surface area contributed by atoms with Crippen molar-refractivity contribution < 1.29 is 33.6 Å². The van der Waals surface area contributed by atoms with Gasteiger partial charge in [-0.3, -0.25) is 4.79 Å². The van der Waals surface area contributed by atoms with Crippen LogP contribution in [-0.2, 0) is 28.5 Å². The Balaban J connectivity index is 1.15. The van der Waals surface area contributed by atoms with Crippen molar-refractivity contribution in [2.75, 3.05) is 0 Å². The fraction of sp³-hybridized carbons (Fsp3) is 0.967. The number of aliphatic hydroxyl groups excluding tert-OH is 1. The molecule has 4 saturated carbocycles. The molecule has 8 aliphatic rings. The molecule has 15 atom stereocenters. The number of carbonyl (C=O) groups excluding carboxylic acids is 1. The van der Waals surface area contributed by atoms with Crippen molar-refractivity contribution >= 4 is 5.97 Å². The normalized spacial score (nSPS) is 63.9. The monoisotopic (exact) mass is 516 g/mol. The molecule has 37 heavy (non-hydrogen) atoms. The molecule has 0 radical (unpaired) electrons. The topological polar surface area (TPSA) is 83.5 Å². The predicted octanol–water partition coefficient (Wildman–Crippen LogP) is 4.19. The standard InChI is InChI=1S/C30H44O7/c1-14-11-30(37-26(14,3)4)28(6)24-20(35-30)10-18-17-8-7-16-9-19(32)21(33-15(2)31)12-27(16,5)23(17)22-13-29(18,24)25(34-22)36-28/h14,16-25,32H,7-13H2,1-6H3/t14-,16-,17-,18-,19-,20-,21+,22-,23+,24+,25+,27-,28+,29+,30-/m0/s1. The van der Waals surface area contributed by atoms with Gasteiger partial charge in [0.15, 0.2) is 12.1 Å². The maximum atomic E-state index is 11.8. The molecule has 0 amide bonds. The third-order valence-electron chi connectivity index (χ3n) is 13.5. The van der Waals surface area contributed by atoms with Crippen LogP contribution < -0.4 is 0 Å². The minimum Gasteiger partial charge on any atom is -0.460 e. The molecule has 2 bridgehead atoms. The van der Waals surface area contributed by atoms with Gasteiger partial charge in [-0.2, -0.15) is 0 Å². The number of aliphatic hydroxyl groups is 1. The lowest BCUT2D eigenvalue weighted by atomic mass is 9.44. The Hall–Kier alpha value is -0.730. The van der Waals surface area contributed by atoms with E-state index in [1.54, 1.807) is 0 Å². The van der Waals surface area contributed by atoms with Crippen molar-refractivity contribution in [1.82, 2.24) is 0 Å². The second-order valence-electron chi connectivity index (χ2n) is 15.2. The summed E-state index contributed by atoms with van der Waals surface area (Å²) in [6.07, 6.45) is 5.78. The van der Waals surface area contributed by atoms with Crippen LogP contribution in [0, 0.1) is 46.3 Å². The Bertz CT molecular complexity index is 1040. The van der Waals surface area contributed by atoms with Crippen molar-refractivity contribution in [2.45, 2.75) is 134 Å². The van der Waals surface area contributed by atoms with E-state index < -0.39 is 23.6 Å². The molecule has 0 aromatic carbocycles. The molecule has 8 rings (SSSR count). The van der Waals surface area contributed by atoms with E-state index in [0.717, 1.165) is 32.1 Å². The van der Waals surface area contributed by atoms with Gasteiger partial charge in [0.2, 0.25) is 0 Å².